The number of aliphatic hydroxyl groups excluding tert-OH is 1. The molecule has 30 heavy (non-hydrogen) atoms. The van der Waals surface area contributed by atoms with Crippen LogP contribution in [0.3, 0.4) is 0 Å². The average molecular weight is 410 g/mol. The van der Waals surface area contributed by atoms with E-state index in [0.717, 1.165) is 51.5 Å². The van der Waals surface area contributed by atoms with Gasteiger partial charge in [-0.2, -0.15) is 0 Å². The van der Waals surface area contributed by atoms with Gasteiger partial charge < -0.3 is 15.4 Å². The van der Waals surface area contributed by atoms with Gasteiger partial charge in [0.25, 0.3) is 0 Å². The van der Waals surface area contributed by atoms with Crippen LogP contribution in [-0.2, 0) is 6.42 Å². The van der Waals surface area contributed by atoms with Crippen molar-refractivity contribution >= 4 is 24.8 Å². The number of hydrogen-bond donors (Lipinski definition) is 3. The van der Waals surface area contributed by atoms with Crippen LogP contribution < -0.4 is 15.9 Å². The monoisotopic (exact) mass is 409 g/mol. The lowest BCUT2D eigenvalue weighted by molar-refractivity contribution is 0.295. The van der Waals surface area contributed by atoms with Gasteiger partial charge in [0.05, 0.1) is 5.69 Å². The molecule has 0 fully saturated rings. The minimum Gasteiger partial charge on any atom is -0.396 e. The Morgan fingerprint density at radius 1 is 1.23 bits per heavy atom. The summed E-state index contributed by atoms with van der Waals surface area (Å²) in [7, 11) is 3.60. The molecule has 0 amide bonds. The van der Waals surface area contributed by atoms with Gasteiger partial charge in [0, 0.05) is 54.9 Å². The number of nitrogens with zero attached hydrogens (tertiary/aromatic N) is 3. The van der Waals surface area contributed by atoms with E-state index < -0.39 is 0 Å². The van der Waals surface area contributed by atoms with E-state index in [9.17, 15) is 0 Å². The maximum absolute atomic E-state index is 7.88. The van der Waals surface area contributed by atoms with Gasteiger partial charge in [-0.25, -0.2) is 9.97 Å². The Hall–Kier alpha value is -2.99. The van der Waals surface area contributed by atoms with Crippen molar-refractivity contribution in [3.8, 4) is 11.3 Å². The second-order valence-electron chi connectivity index (χ2n) is 6.51. The van der Waals surface area contributed by atoms with E-state index >= 15 is 0 Å². The fourth-order valence-corrected chi connectivity index (χ4v) is 2.73. The molecule has 0 unspecified atom stereocenters. The Balaban J connectivity index is 0.00000103. The molecule has 162 valence electrons. The van der Waals surface area contributed by atoms with Crippen LogP contribution in [0.15, 0.2) is 40.6 Å². The maximum atomic E-state index is 7.88. The second kappa shape index (κ2) is 13.3. The Morgan fingerprint density at radius 3 is 2.40 bits per heavy atom. The minimum atomic E-state index is 0.319. The number of aromatic nitrogens is 3. The molecule has 0 saturated heterocycles. The number of aromatic amines is 1. The maximum Gasteiger partial charge on any atom is 0.223 e. The third kappa shape index (κ3) is 6.81. The van der Waals surface area contributed by atoms with Crippen LogP contribution >= 0.6 is 0 Å². The van der Waals surface area contributed by atoms with Gasteiger partial charge >= 0.3 is 0 Å². The third-order valence-electron chi connectivity index (χ3n) is 4.39. The highest BCUT2D eigenvalue weighted by Crippen LogP contribution is 2.17. The number of H-pyrrole nitrogens is 1. The van der Waals surface area contributed by atoms with Crippen LogP contribution in [0.4, 0.5) is 5.95 Å². The van der Waals surface area contributed by atoms with Crippen molar-refractivity contribution in [2.75, 3.05) is 26.0 Å². The SMILES string of the molecule is C=c1[nH]cc(-c2cc(CC)nc(NC)n2)/c1=C/C(=C\C)C(/C=NC)=C/C.CCCO. The second-order valence-corrected chi connectivity index (χ2v) is 6.51. The number of rotatable bonds is 7. The van der Waals surface area contributed by atoms with E-state index in [4.69, 9.17) is 5.11 Å². The minimum absolute atomic E-state index is 0.319. The standard InChI is InChI=1S/C21H27N5.C3H8O/c1-7-15(16(8-2)12-22-5)10-18-14(4)24-13-19(18)20-11-17(9-3)25-21(23-6)26-20;1-2-3-4/h7-8,10-13,24H,4,9H2,1-3,5-6H3,(H,23,25,26);4H,2-3H2,1H3/b15-7+,16-8+,18-10+,22-12?;. The quantitative estimate of drug-likeness (QED) is 0.484. The van der Waals surface area contributed by atoms with Crippen LogP contribution in [0, 0.1) is 0 Å². The molecular formula is C24H35N5O. The Kier molecular flexibility index (Phi) is 11.1. The smallest absolute Gasteiger partial charge is 0.223 e. The molecule has 6 heteroatoms. The summed E-state index contributed by atoms with van der Waals surface area (Å²) in [6.07, 6.45) is 11.8. The largest absolute Gasteiger partial charge is 0.396 e. The van der Waals surface area contributed by atoms with Crippen LogP contribution in [0.1, 0.15) is 39.8 Å². The van der Waals surface area contributed by atoms with Crippen molar-refractivity contribution in [1.82, 2.24) is 15.0 Å². The predicted octanol–water partition coefficient (Wildman–Crippen LogP) is 3.25. The van der Waals surface area contributed by atoms with Gasteiger partial charge in [0.1, 0.15) is 0 Å². The van der Waals surface area contributed by atoms with Crippen LogP contribution in [-0.4, -0.2) is 47.0 Å². The van der Waals surface area contributed by atoms with E-state index in [2.05, 4.69) is 50.9 Å². The molecule has 2 aromatic rings. The van der Waals surface area contributed by atoms with Gasteiger partial charge in [-0.1, -0.05) is 32.6 Å². The number of aliphatic imine (C=N–C) groups is 1. The van der Waals surface area contributed by atoms with Crippen LogP contribution in [0.5, 0.6) is 0 Å². The highest BCUT2D eigenvalue weighted by molar-refractivity contribution is 5.89. The fourth-order valence-electron chi connectivity index (χ4n) is 2.73. The molecule has 0 aliphatic carbocycles. The lowest BCUT2D eigenvalue weighted by Crippen LogP contribution is -2.23. The number of aryl methyl sites for hydroxylation is 1. The zero-order valence-electron chi connectivity index (χ0n) is 19.1. The predicted molar refractivity (Wildman–Crippen MR) is 129 cm³/mol. The molecule has 2 aromatic heterocycles. The van der Waals surface area contributed by atoms with Crippen LogP contribution in [0.25, 0.3) is 23.9 Å². The molecule has 2 rings (SSSR count). The number of nitrogens with one attached hydrogen (secondary N) is 2. The van der Waals surface area contributed by atoms with Gasteiger partial charge in [0.15, 0.2) is 0 Å². The van der Waals surface area contributed by atoms with Crippen molar-refractivity contribution < 1.29 is 5.11 Å². The molecule has 0 atom stereocenters. The molecule has 0 bridgehead atoms. The summed E-state index contributed by atoms with van der Waals surface area (Å²) in [5, 5.41) is 12.8. The third-order valence-corrected chi connectivity index (χ3v) is 4.39. The summed E-state index contributed by atoms with van der Waals surface area (Å²) < 4.78 is 0. The molecule has 2 heterocycles. The number of aliphatic hydroxyl groups is 1. The first kappa shape index (κ1) is 25.0. The first-order valence-corrected chi connectivity index (χ1v) is 10.3. The molecule has 0 aromatic carbocycles. The summed E-state index contributed by atoms with van der Waals surface area (Å²) in [5.41, 5.74) is 5.03. The fraction of sp³-hybridized carbons (Fsp3) is 0.375. The lowest BCUT2D eigenvalue weighted by atomic mass is 10.0. The van der Waals surface area contributed by atoms with Gasteiger partial charge in [-0.15, -0.1) is 0 Å². The molecule has 0 saturated carbocycles. The molecule has 0 spiro atoms. The van der Waals surface area contributed by atoms with Crippen LogP contribution in [0.2, 0.25) is 0 Å². The van der Waals surface area contributed by atoms with E-state index in [1.165, 1.54) is 0 Å². The van der Waals surface area contributed by atoms with Crippen molar-refractivity contribution in [3.05, 3.63) is 51.8 Å². The zero-order chi connectivity index (χ0) is 22.5. The van der Waals surface area contributed by atoms with E-state index in [1.54, 1.807) is 7.05 Å². The first-order valence-electron chi connectivity index (χ1n) is 10.3. The lowest BCUT2D eigenvalue weighted by Gasteiger charge is -2.06. The number of allylic oxidation sites excluding steroid dienone is 4. The summed E-state index contributed by atoms with van der Waals surface area (Å²) in [6.45, 7) is 12.5. The molecule has 3 N–H and O–H groups in total. The van der Waals surface area contributed by atoms with Crippen molar-refractivity contribution in [2.45, 2.75) is 40.5 Å². The van der Waals surface area contributed by atoms with Crippen molar-refractivity contribution in [1.29, 1.82) is 0 Å². The van der Waals surface area contributed by atoms with Crippen molar-refractivity contribution in [2.24, 2.45) is 4.99 Å². The normalized spacial score (nSPS) is 12.8. The molecule has 0 radical (unpaired) electrons. The summed E-state index contributed by atoms with van der Waals surface area (Å²) in [5.74, 6) is 0.621. The molecule has 6 nitrogen and oxygen atoms in total. The van der Waals surface area contributed by atoms with Gasteiger partial charge in [-0.05, 0) is 50.0 Å². The topological polar surface area (TPSA) is 86.2 Å². The van der Waals surface area contributed by atoms with Gasteiger partial charge in [0.2, 0.25) is 5.95 Å². The van der Waals surface area contributed by atoms with E-state index in [0.29, 0.717) is 12.6 Å². The summed E-state index contributed by atoms with van der Waals surface area (Å²) in [6, 6.07) is 2.03. The Morgan fingerprint density at radius 2 is 1.90 bits per heavy atom. The molecular weight excluding hydrogens is 374 g/mol. The Bertz CT molecular complexity index is 975. The van der Waals surface area contributed by atoms with E-state index in [1.807, 2.05) is 52.4 Å². The summed E-state index contributed by atoms with van der Waals surface area (Å²) in [4.78, 5) is 16.5. The highest BCUT2D eigenvalue weighted by Gasteiger charge is 2.09. The van der Waals surface area contributed by atoms with Gasteiger partial charge in [-0.3, -0.25) is 4.99 Å². The first-order chi connectivity index (χ1) is 14.5. The molecule has 0 aliphatic heterocycles. The highest BCUT2D eigenvalue weighted by atomic mass is 16.2. The molecule has 0 aliphatic rings. The number of anilines is 1. The zero-order valence-corrected chi connectivity index (χ0v) is 19.1. The number of hydrogen-bond acceptors (Lipinski definition) is 5. The Labute approximate surface area is 179 Å². The van der Waals surface area contributed by atoms with E-state index in [-0.39, 0.29) is 0 Å². The summed E-state index contributed by atoms with van der Waals surface area (Å²) >= 11 is 0. The van der Waals surface area contributed by atoms with Crippen molar-refractivity contribution in [3.63, 3.8) is 0 Å². The average Bonchev–Trinajstić information content (AvgIpc) is 3.15.